The van der Waals surface area contributed by atoms with Gasteiger partial charge in [-0.15, -0.1) is 0 Å². The van der Waals surface area contributed by atoms with E-state index in [0.717, 1.165) is 5.56 Å². The van der Waals surface area contributed by atoms with E-state index in [-0.39, 0.29) is 0 Å². The van der Waals surface area contributed by atoms with Gasteiger partial charge in [0.2, 0.25) is 0 Å². The van der Waals surface area contributed by atoms with Crippen molar-refractivity contribution in [2.24, 2.45) is 0 Å². The summed E-state index contributed by atoms with van der Waals surface area (Å²) < 4.78 is 21.8. The van der Waals surface area contributed by atoms with Gasteiger partial charge in [0.1, 0.15) is 28.6 Å². The van der Waals surface area contributed by atoms with Crippen LogP contribution >= 0.6 is 22.6 Å². The van der Waals surface area contributed by atoms with Gasteiger partial charge in [0.05, 0.1) is 21.3 Å². The van der Waals surface area contributed by atoms with E-state index in [9.17, 15) is 4.79 Å². The van der Waals surface area contributed by atoms with Crippen LogP contribution in [0.5, 0.6) is 23.0 Å². The molecule has 0 heterocycles. The lowest BCUT2D eigenvalue weighted by molar-refractivity contribution is 0.0729. The molecule has 0 aliphatic heterocycles. The van der Waals surface area contributed by atoms with E-state index in [1.807, 2.05) is 13.0 Å². The molecule has 0 amide bonds. The molecule has 0 atom stereocenters. The topological polar surface area (TPSA) is 54.0 Å². The molecule has 0 spiro atoms. The highest BCUT2D eigenvalue weighted by Crippen LogP contribution is 2.31. The molecule has 0 unspecified atom stereocenters. The molecule has 0 saturated carbocycles. The number of carbonyl (C=O) groups is 1. The second-order valence-corrected chi connectivity index (χ2v) is 5.92. The Morgan fingerprint density at radius 2 is 1.48 bits per heavy atom. The SMILES string of the molecule is COc1cc(C)cc(OC(=O)c2c(I)cc(OC)cc2OC)c1. The minimum atomic E-state index is -0.499. The van der Waals surface area contributed by atoms with Crippen LogP contribution in [-0.4, -0.2) is 27.3 Å². The van der Waals surface area contributed by atoms with E-state index < -0.39 is 5.97 Å². The lowest BCUT2D eigenvalue weighted by atomic mass is 10.2. The smallest absolute Gasteiger partial charge is 0.348 e. The van der Waals surface area contributed by atoms with E-state index >= 15 is 0 Å². The maximum atomic E-state index is 12.5. The van der Waals surface area contributed by atoms with Gasteiger partial charge in [-0.05, 0) is 53.3 Å². The molecule has 0 bridgehead atoms. The monoisotopic (exact) mass is 428 g/mol. The second-order valence-electron chi connectivity index (χ2n) is 4.76. The highest BCUT2D eigenvalue weighted by atomic mass is 127. The molecule has 2 aromatic carbocycles. The summed E-state index contributed by atoms with van der Waals surface area (Å²) >= 11 is 2.05. The Morgan fingerprint density at radius 1 is 0.870 bits per heavy atom. The van der Waals surface area contributed by atoms with Crippen molar-refractivity contribution < 1.29 is 23.7 Å². The third-order valence-corrected chi connectivity index (χ3v) is 4.01. The molecule has 5 nitrogen and oxygen atoms in total. The van der Waals surface area contributed by atoms with Crippen molar-refractivity contribution in [1.29, 1.82) is 0 Å². The van der Waals surface area contributed by atoms with Gasteiger partial charge < -0.3 is 18.9 Å². The first-order chi connectivity index (χ1) is 11.0. The summed E-state index contributed by atoms with van der Waals surface area (Å²) in [5, 5.41) is 0. The average Bonchev–Trinajstić information content (AvgIpc) is 2.52. The maximum absolute atomic E-state index is 12.5. The summed E-state index contributed by atoms with van der Waals surface area (Å²) in [6.45, 7) is 1.90. The fraction of sp³-hybridized carbons (Fsp3) is 0.235. The van der Waals surface area contributed by atoms with Gasteiger partial charge in [-0.2, -0.15) is 0 Å². The van der Waals surface area contributed by atoms with Crippen molar-refractivity contribution in [2.75, 3.05) is 21.3 Å². The number of esters is 1. The van der Waals surface area contributed by atoms with E-state index in [2.05, 4.69) is 22.6 Å². The number of halogens is 1. The zero-order valence-corrected chi connectivity index (χ0v) is 15.5. The quantitative estimate of drug-likeness (QED) is 0.412. The van der Waals surface area contributed by atoms with E-state index in [4.69, 9.17) is 18.9 Å². The molecule has 122 valence electrons. The lowest BCUT2D eigenvalue weighted by Crippen LogP contribution is -2.12. The fourth-order valence-electron chi connectivity index (χ4n) is 2.08. The van der Waals surface area contributed by atoms with Crippen molar-refractivity contribution in [3.8, 4) is 23.0 Å². The van der Waals surface area contributed by atoms with Crippen molar-refractivity contribution >= 4 is 28.6 Å². The first kappa shape index (κ1) is 17.4. The van der Waals surface area contributed by atoms with Crippen LogP contribution in [0.1, 0.15) is 15.9 Å². The summed E-state index contributed by atoms with van der Waals surface area (Å²) in [4.78, 5) is 12.5. The van der Waals surface area contributed by atoms with Crippen LogP contribution < -0.4 is 18.9 Å². The molecule has 2 aromatic rings. The summed E-state index contributed by atoms with van der Waals surface area (Å²) in [5.41, 5.74) is 1.29. The van der Waals surface area contributed by atoms with Gasteiger partial charge in [0.25, 0.3) is 0 Å². The van der Waals surface area contributed by atoms with Gasteiger partial charge in [0.15, 0.2) is 0 Å². The molecule has 6 heteroatoms. The Morgan fingerprint density at radius 3 is 2.09 bits per heavy atom. The molecule has 0 radical (unpaired) electrons. The van der Waals surface area contributed by atoms with Crippen LogP contribution in [0.2, 0.25) is 0 Å². The van der Waals surface area contributed by atoms with Gasteiger partial charge in [-0.3, -0.25) is 0 Å². The van der Waals surface area contributed by atoms with E-state index in [0.29, 0.717) is 32.1 Å². The molecule has 0 N–H and O–H groups in total. The predicted octanol–water partition coefficient (Wildman–Crippen LogP) is 3.84. The zero-order valence-electron chi connectivity index (χ0n) is 13.3. The first-order valence-electron chi connectivity index (χ1n) is 6.78. The Hall–Kier alpha value is -1.96. The Kier molecular flexibility index (Phi) is 5.70. The van der Waals surface area contributed by atoms with Gasteiger partial charge in [-0.1, -0.05) is 0 Å². The molecular formula is C17H17IO5. The van der Waals surface area contributed by atoms with Crippen LogP contribution in [0.15, 0.2) is 30.3 Å². The van der Waals surface area contributed by atoms with E-state index in [1.165, 1.54) is 7.11 Å². The normalized spacial score (nSPS) is 10.1. The van der Waals surface area contributed by atoms with Crippen LogP contribution in [0.4, 0.5) is 0 Å². The molecule has 0 fully saturated rings. The highest BCUT2D eigenvalue weighted by molar-refractivity contribution is 14.1. The molecule has 23 heavy (non-hydrogen) atoms. The third-order valence-electron chi connectivity index (χ3n) is 3.16. The molecule has 0 saturated heterocycles. The largest absolute Gasteiger partial charge is 0.497 e. The lowest BCUT2D eigenvalue weighted by Gasteiger charge is -2.13. The van der Waals surface area contributed by atoms with Crippen LogP contribution in [0, 0.1) is 10.5 Å². The summed E-state index contributed by atoms with van der Waals surface area (Å²) in [5.74, 6) is 1.56. The predicted molar refractivity (Wildman–Crippen MR) is 95.0 cm³/mol. The Balaban J connectivity index is 2.36. The zero-order chi connectivity index (χ0) is 17.0. The van der Waals surface area contributed by atoms with E-state index in [1.54, 1.807) is 38.5 Å². The average molecular weight is 428 g/mol. The number of hydrogen-bond acceptors (Lipinski definition) is 5. The minimum Gasteiger partial charge on any atom is -0.497 e. The summed E-state index contributed by atoms with van der Waals surface area (Å²) in [6.07, 6.45) is 0. The second kappa shape index (κ2) is 7.54. The molecular weight excluding hydrogens is 411 g/mol. The van der Waals surface area contributed by atoms with Crippen molar-refractivity contribution in [3.63, 3.8) is 0 Å². The summed E-state index contributed by atoms with van der Waals surface area (Å²) in [7, 11) is 4.62. The van der Waals surface area contributed by atoms with Crippen molar-refractivity contribution in [2.45, 2.75) is 6.92 Å². The number of methoxy groups -OCH3 is 3. The molecule has 0 aliphatic rings. The van der Waals surface area contributed by atoms with Crippen molar-refractivity contribution in [1.82, 2.24) is 0 Å². The number of aryl methyl sites for hydroxylation is 1. The molecule has 2 rings (SSSR count). The summed E-state index contributed by atoms with van der Waals surface area (Å²) in [6, 6.07) is 8.68. The van der Waals surface area contributed by atoms with Gasteiger partial charge in [0, 0.05) is 15.7 Å². The van der Waals surface area contributed by atoms with Crippen LogP contribution in [0.25, 0.3) is 0 Å². The molecule has 0 aliphatic carbocycles. The minimum absolute atomic E-state index is 0.356. The number of benzene rings is 2. The standard InChI is InChI=1S/C17H17IO5/c1-10-5-11(20-2)7-13(6-10)23-17(19)16-14(18)8-12(21-3)9-15(16)22-4/h5-9H,1-4H3. The highest BCUT2D eigenvalue weighted by Gasteiger charge is 2.20. The van der Waals surface area contributed by atoms with Crippen molar-refractivity contribution in [3.05, 3.63) is 45.0 Å². The Bertz CT molecular complexity index is 727. The van der Waals surface area contributed by atoms with Gasteiger partial charge >= 0.3 is 5.97 Å². The van der Waals surface area contributed by atoms with Gasteiger partial charge in [-0.25, -0.2) is 4.79 Å². The molecule has 0 aromatic heterocycles. The number of rotatable bonds is 5. The van der Waals surface area contributed by atoms with Crippen LogP contribution in [-0.2, 0) is 0 Å². The third kappa shape index (κ3) is 4.07. The van der Waals surface area contributed by atoms with Crippen LogP contribution in [0.3, 0.4) is 0 Å². The fourth-order valence-corrected chi connectivity index (χ4v) is 2.88. The number of ether oxygens (including phenoxy) is 4. The number of hydrogen-bond donors (Lipinski definition) is 0. The number of carbonyl (C=O) groups excluding carboxylic acids is 1. The first-order valence-corrected chi connectivity index (χ1v) is 7.85. The maximum Gasteiger partial charge on any atom is 0.348 e. The Labute approximate surface area is 148 Å².